The van der Waals surface area contributed by atoms with Crippen molar-refractivity contribution in [3.05, 3.63) is 77.5 Å². The lowest BCUT2D eigenvalue weighted by Crippen LogP contribution is -2.15. The zero-order valence-electron chi connectivity index (χ0n) is 16.4. The van der Waals surface area contributed by atoms with Gasteiger partial charge in [0.1, 0.15) is 23.2 Å². The van der Waals surface area contributed by atoms with E-state index in [1.807, 2.05) is 12.1 Å². The molecule has 0 fully saturated rings. The summed E-state index contributed by atoms with van der Waals surface area (Å²) in [6, 6.07) is 15.4. The van der Waals surface area contributed by atoms with E-state index < -0.39 is 11.7 Å². The van der Waals surface area contributed by atoms with E-state index in [0.29, 0.717) is 17.3 Å². The monoisotopic (exact) mass is 378 g/mol. The van der Waals surface area contributed by atoms with Gasteiger partial charge in [0.25, 0.3) is 5.91 Å². The molecule has 1 amide bonds. The lowest BCUT2D eigenvalue weighted by atomic mass is 9.87. The number of halogens is 1. The zero-order valence-corrected chi connectivity index (χ0v) is 16.4. The Labute approximate surface area is 164 Å². The van der Waals surface area contributed by atoms with Crippen LogP contribution in [0.4, 0.5) is 21.6 Å². The lowest BCUT2D eigenvalue weighted by Gasteiger charge is -2.19. The van der Waals surface area contributed by atoms with Gasteiger partial charge in [0.05, 0.1) is 0 Å². The number of nitrogens with one attached hydrogen (secondary N) is 2. The Morgan fingerprint density at radius 3 is 2.32 bits per heavy atom. The summed E-state index contributed by atoms with van der Waals surface area (Å²) >= 11 is 0. The molecule has 1 aromatic heterocycles. The molecule has 0 atom stereocenters. The normalized spacial score (nSPS) is 11.2. The van der Waals surface area contributed by atoms with Crippen LogP contribution in [0.2, 0.25) is 0 Å². The van der Waals surface area contributed by atoms with Gasteiger partial charge in [0.15, 0.2) is 0 Å². The van der Waals surface area contributed by atoms with Crippen LogP contribution in [0, 0.1) is 12.7 Å². The highest BCUT2D eigenvalue weighted by atomic mass is 19.1. The Morgan fingerprint density at radius 2 is 1.68 bits per heavy atom. The highest BCUT2D eigenvalue weighted by Crippen LogP contribution is 2.24. The van der Waals surface area contributed by atoms with Gasteiger partial charge in [-0.2, -0.15) is 0 Å². The van der Waals surface area contributed by atoms with Crippen molar-refractivity contribution < 1.29 is 9.18 Å². The molecule has 0 aliphatic carbocycles. The molecule has 6 heteroatoms. The van der Waals surface area contributed by atoms with Gasteiger partial charge in [-0.3, -0.25) is 4.79 Å². The first-order chi connectivity index (χ1) is 13.2. The van der Waals surface area contributed by atoms with E-state index in [1.165, 1.54) is 23.8 Å². The van der Waals surface area contributed by atoms with Gasteiger partial charge in [-0.25, -0.2) is 14.4 Å². The molecule has 3 rings (SSSR count). The molecule has 3 aromatic rings. The maximum Gasteiger partial charge on any atom is 0.274 e. The van der Waals surface area contributed by atoms with Gasteiger partial charge in [-0.05, 0) is 48.2 Å². The van der Waals surface area contributed by atoms with Gasteiger partial charge in [0, 0.05) is 17.4 Å². The molecule has 28 heavy (non-hydrogen) atoms. The molecule has 0 bridgehead atoms. The number of nitrogens with zero attached hydrogens (tertiary/aromatic N) is 2. The van der Waals surface area contributed by atoms with Crippen molar-refractivity contribution in [2.45, 2.75) is 33.1 Å². The van der Waals surface area contributed by atoms with Crippen LogP contribution >= 0.6 is 0 Å². The van der Waals surface area contributed by atoms with E-state index in [4.69, 9.17) is 0 Å². The van der Waals surface area contributed by atoms with Crippen LogP contribution in [0.1, 0.15) is 42.6 Å². The number of rotatable bonds is 4. The Balaban J connectivity index is 1.78. The molecule has 0 unspecified atom stereocenters. The predicted octanol–water partition coefficient (Wildman–Crippen LogP) is 5.22. The minimum Gasteiger partial charge on any atom is -0.340 e. The Morgan fingerprint density at radius 1 is 0.964 bits per heavy atom. The Bertz CT molecular complexity index is 994. The smallest absolute Gasteiger partial charge is 0.274 e. The summed E-state index contributed by atoms with van der Waals surface area (Å²) in [6.07, 6.45) is 0. The first-order valence-electron chi connectivity index (χ1n) is 9.01. The summed E-state index contributed by atoms with van der Waals surface area (Å²) in [4.78, 5) is 21.0. The minimum absolute atomic E-state index is 0.0756. The molecular weight excluding hydrogens is 355 g/mol. The van der Waals surface area contributed by atoms with E-state index in [0.717, 1.165) is 5.69 Å². The second kappa shape index (κ2) is 7.76. The molecule has 1 heterocycles. The zero-order chi connectivity index (χ0) is 20.3. The molecule has 5 nitrogen and oxygen atoms in total. The van der Waals surface area contributed by atoms with Gasteiger partial charge in [0.2, 0.25) is 0 Å². The number of aryl methyl sites for hydroxylation is 1. The SMILES string of the molecule is Cc1nc(Nc2ccc(C(C)(C)C)cc2)cc(C(=O)Nc2cccc(F)c2)n1. The number of hydrogen-bond donors (Lipinski definition) is 2. The second-order valence-corrected chi connectivity index (χ2v) is 7.60. The van der Waals surface area contributed by atoms with Gasteiger partial charge < -0.3 is 10.6 Å². The summed E-state index contributed by atoms with van der Waals surface area (Å²) in [5.74, 6) is 0.126. The largest absolute Gasteiger partial charge is 0.340 e. The molecule has 0 saturated carbocycles. The van der Waals surface area contributed by atoms with Crippen molar-refractivity contribution >= 4 is 23.1 Å². The van der Waals surface area contributed by atoms with E-state index in [1.54, 1.807) is 19.1 Å². The van der Waals surface area contributed by atoms with Gasteiger partial charge >= 0.3 is 0 Å². The molecule has 0 aliphatic heterocycles. The molecule has 0 spiro atoms. The van der Waals surface area contributed by atoms with Crippen LogP contribution < -0.4 is 10.6 Å². The average molecular weight is 378 g/mol. The van der Waals surface area contributed by atoms with Crippen LogP contribution in [0.5, 0.6) is 0 Å². The van der Waals surface area contributed by atoms with Crippen molar-refractivity contribution in [1.29, 1.82) is 0 Å². The number of amides is 1. The number of carbonyl (C=O) groups is 1. The number of carbonyl (C=O) groups excluding carboxylic acids is 1. The van der Waals surface area contributed by atoms with Crippen LogP contribution in [0.15, 0.2) is 54.6 Å². The van der Waals surface area contributed by atoms with Crippen LogP contribution in [-0.4, -0.2) is 15.9 Å². The Kier molecular flexibility index (Phi) is 5.40. The second-order valence-electron chi connectivity index (χ2n) is 7.60. The topological polar surface area (TPSA) is 66.9 Å². The predicted molar refractivity (Wildman–Crippen MR) is 110 cm³/mol. The highest BCUT2D eigenvalue weighted by molar-refractivity contribution is 6.03. The van der Waals surface area contributed by atoms with E-state index in [-0.39, 0.29) is 11.1 Å². The summed E-state index contributed by atoms with van der Waals surface area (Å²) in [5.41, 5.74) is 2.74. The summed E-state index contributed by atoms with van der Waals surface area (Å²) in [7, 11) is 0. The quantitative estimate of drug-likeness (QED) is 0.653. The third-order valence-electron chi connectivity index (χ3n) is 4.18. The fraction of sp³-hybridized carbons (Fsp3) is 0.227. The first-order valence-corrected chi connectivity index (χ1v) is 9.01. The number of aromatic nitrogens is 2. The highest BCUT2D eigenvalue weighted by Gasteiger charge is 2.14. The molecule has 2 N–H and O–H groups in total. The van der Waals surface area contributed by atoms with Crippen LogP contribution in [-0.2, 0) is 5.41 Å². The summed E-state index contributed by atoms with van der Waals surface area (Å²) < 4.78 is 13.3. The van der Waals surface area contributed by atoms with Gasteiger partial charge in [-0.15, -0.1) is 0 Å². The average Bonchev–Trinajstić information content (AvgIpc) is 2.61. The van der Waals surface area contributed by atoms with Crippen molar-refractivity contribution in [2.24, 2.45) is 0 Å². The molecule has 0 aliphatic rings. The molecule has 0 saturated heterocycles. The third kappa shape index (κ3) is 4.91. The minimum atomic E-state index is -0.428. The standard InChI is InChI=1S/C22H23FN4O/c1-14-24-19(21(28)27-18-7-5-6-16(23)12-18)13-20(25-14)26-17-10-8-15(9-11-17)22(2,3)4/h5-13H,1-4H3,(H,27,28)(H,24,25,26). The molecule has 0 radical (unpaired) electrons. The fourth-order valence-corrected chi connectivity index (χ4v) is 2.71. The van der Waals surface area contributed by atoms with Crippen molar-refractivity contribution in [3.8, 4) is 0 Å². The number of hydrogen-bond acceptors (Lipinski definition) is 4. The fourth-order valence-electron chi connectivity index (χ4n) is 2.71. The third-order valence-corrected chi connectivity index (χ3v) is 4.18. The van der Waals surface area contributed by atoms with Crippen molar-refractivity contribution in [3.63, 3.8) is 0 Å². The maximum absolute atomic E-state index is 13.3. The first kappa shape index (κ1) is 19.5. The lowest BCUT2D eigenvalue weighted by molar-refractivity contribution is 0.102. The summed E-state index contributed by atoms with van der Waals surface area (Å²) in [5, 5.41) is 5.84. The molecule has 144 valence electrons. The Hall–Kier alpha value is -3.28. The van der Waals surface area contributed by atoms with Crippen LogP contribution in [0.3, 0.4) is 0 Å². The van der Waals surface area contributed by atoms with E-state index in [2.05, 4.69) is 53.5 Å². The molecular formula is C22H23FN4O. The number of benzene rings is 2. The van der Waals surface area contributed by atoms with Crippen LogP contribution in [0.25, 0.3) is 0 Å². The molecule has 2 aromatic carbocycles. The summed E-state index contributed by atoms with van der Waals surface area (Å²) in [6.45, 7) is 8.19. The van der Waals surface area contributed by atoms with E-state index >= 15 is 0 Å². The van der Waals surface area contributed by atoms with E-state index in [9.17, 15) is 9.18 Å². The number of anilines is 3. The maximum atomic E-state index is 13.3. The van der Waals surface area contributed by atoms with Crippen molar-refractivity contribution in [2.75, 3.05) is 10.6 Å². The van der Waals surface area contributed by atoms with Crippen molar-refractivity contribution in [1.82, 2.24) is 9.97 Å². The van der Waals surface area contributed by atoms with Gasteiger partial charge in [-0.1, -0.05) is 39.0 Å².